The minimum Gasteiger partial charge on any atom is -0.230 e. The zero-order valence-electron chi connectivity index (χ0n) is 8.83. The predicted octanol–water partition coefficient (Wildman–Crippen LogP) is 3.06. The van der Waals surface area contributed by atoms with Crippen LogP contribution in [0.4, 0.5) is 4.39 Å². The number of aryl methyl sites for hydroxylation is 2. The van der Waals surface area contributed by atoms with E-state index in [1.807, 2.05) is 13.8 Å². The molecule has 0 fully saturated rings. The number of hydrogen-bond donors (Lipinski definition) is 0. The van der Waals surface area contributed by atoms with Crippen molar-refractivity contribution in [3.05, 3.63) is 39.9 Å². The fraction of sp³-hybridized carbons (Fsp3) is 0.182. The van der Waals surface area contributed by atoms with E-state index in [0.29, 0.717) is 10.3 Å². The summed E-state index contributed by atoms with van der Waals surface area (Å²) in [7, 11) is 0. The van der Waals surface area contributed by atoms with Crippen molar-refractivity contribution >= 4 is 15.9 Å². The zero-order chi connectivity index (χ0) is 11.7. The Balaban J connectivity index is 2.50. The lowest BCUT2D eigenvalue weighted by Crippen LogP contribution is -1.98. The molecule has 0 unspecified atom stereocenters. The Hall–Kier alpha value is -1.36. The molecule has 0 saturated carbocycles. The summed E-state index contributed by atoms with van der Waals surface area (Å²) in [5, 5.41) is 7.96. The summed E-state index contributed by atoms with van der Waals surface area (Å²) < 4.78 is 13.4. The van der Waals surface area contributed by atoms with Crippen molar-refractivity contribution in [3.63, 3.8) is 0 Å². The SMILES string of the molecule is Cc1nnc(-c2ccc(F)c(Br)c2)nc1C. The first-order valence-electron chi connectivity index (χ1n) is 4.71. The molecule has 1 aromatic heterocycles. The van der Waals surface area contributed by atoms with Crippen LogP contribution in [0.2, 0.25) is 0 Å². The normalized spacial score (nSPS) is 10.5. The summed E-state index contributed by atoms with van der Waals surface area (Å²) in [6.07, 6.45) is 0. The van der Waals surface area contributed by atoms with Gasteiger partial charge < -0.3 is 0 Å². The van der Waals surface area contributed by atoms with Gasteiger partial charge in [-0.2, -0.15) is 5.10 Å². The molecule has 1 aromatic carbocycles. The molecule has 0 bridgehead atoms. The number of aromatic nitrogens is 3. The van der Waals surface area contributed by atoms with Crippen LogP contribution in [0, 0.1) is 19.7 Å². The zero-order valence-corrected chi connectivity index (χ0v) is 10.4. The Kier molecular flexibility index (Phi) is 2.96. The van der Waals surface area contributed by atoms with Gasteiger partial charge in [0, 0.05) is 5.56 Å². The number of halogens is 2. The van der Waals surface area contributed by atoms with E-state index in [1.54, 1.807) is 12.1 Å². The van der Waals surface area contributed by atoms with E-state index in [9.17, 15) is 4.39 Å². The number of rotatable bonds is 1. The number of nitrogens with zero attached hydrogens (tertiary/aromatic N) is 3. The van der Waals surface area contributed by atoms with Crippen LogP contribution in [-0.2, 0) is 0 Å². The molecule has 3 nitrogen and oxygen atoms in total. The molecule has 2 aromatic rings. The van der Waals surface area contributed by atoms with Gasteiger partial charge in [0.25, 0.3) is 0 Å². The third kappa shape index (κ3) is 2.09. The molecular weight excluding hydrogens is 273 g/mol. The van der Waals surface area contributed by atoms with Gasteiger partial charge in [0.1, 0.15) is 5.82 Å². The van der Waals surface area contributed by atoms with Crippen molar-refractivity contribution in [2.45, 2.75) is 13.8 Å². The summed E-state index contributed by atoms with van der Waals surface area (Å²) in [6.45, 7) is 3.71. The maximum atomic E-state index is 13.1. The quantitative estimate of drug-likeness (QED) is 0.806. The average Bonchev–Trinajstić information content (AvgIpc) is 2.26. The first-order chi connectivity index (χ1) is 7.58. The fourth-order valence-electron chi connectivity index (χ4n) is 1.21. The van der Waals surface area contributed by atoms with Crippen LogP contribution in [0.5, 0.6) is 0 Å². The summed E-state index contributed by atoms with van der Waals surface area (Å²) in [4.78, 5) is 4.30. The van der Waals surface area contributed by atoms with Gasteiger partial charge in [-0.05, 0) is 48.0 Å². The molecule has 0 amide bonds. The molecule has 0 atom stereocenters. The highest BCUT2D eigenvalue weighted by Crippen LogP contribution is 2.22. The van der Waals surface area contributed by atoms with Gasteiger partial charge in [-0.3, -0.25) is 0 Å². The van der Waals surface area contributed by atoms with Crippen LogP contribution in [0.15, 0.2) is 22.7 Å². The monoisotopic (exact) mass is 281 g/mol. The van der Waals surface area contributed by atoms with Gasteiger partial charge in [-0.25, -0.2) is 9.37 Å². The third-order valence-corrected chi connectivity index (χ3v) is 2.88. The van der Waals surface area contributed by atoms with Crippen molar-refractivity contribution in [2.24, 2.45) is 0 Å². The fourth-order valence-corrected chi connectivity index (χ4v) is 1.59. The molecule has 0 aliphatic rings. The highest BCUT2D eigenvalue weighted by atomic mass is 79.9. The second kappa shape index (κ2) is 4.25. The smallest absolute Gasteiger partial charge is 0.182 e. The minimum absolute atomic E-state index is 0.305. The first-order valence-corrected chi connectivity index (χ1v) is 5.50. The van der Waals surface area contributed by atoms with Crippen LogP contribution in [-0.4, -0.2) is 15.2 Å². The molecular formula is C11H9BrFN3. The summed E-state index contributed by atoms with van der Waals surface area (Å²) >= 11 is 3.13. The molecule has 82 valence electrons. The van der Waals surface area contributed by atoms with Gasteiger partial charge in [0.05, 0.1) is 15.9 Å². The van der Waals surface area contributed by atoms with E-state index in [-0.39, 0.29) is 5.82 Å². The standard InChI is InChI=1S/C11H9BrFN3/c1-6-7(2)15-16-11(14-6)8-3-4-10(13)9(12)5-8/h3-5H,1-2H3. The molecule has 16 heavy (non-hydrogen) atoms. The largest absolute Gasteiger partial charge is 0.230 e. The van der Waals surface area contributed by atoms with Gasteiger partial charge in [0.15, 0.2) is 5.82 Å². The maximum Gasteiger partial charge on any atom is 0.182 e. The van der Waals surface area contributed by atoms with E-state index in [1.165, 1.54) is 6.07 Å². The van der Waals surface area contributed by atoms with E-state index in [4.69, 9.17) is 0 Å². The molecule has 0 aliphatic carbocycles. The lowest BCUT2D eigenvalue weighted by Gasteiger charge is -2.03. The second-order valence-electron chi connectivity index (χ2n) is 3.44. The molecule has 0 saturated heterocycles. The van der Waals surface area contributed by atoms with Crippen molar-refractivity contribution in [1.29, 1.82) is 0 Å². The summed E-state index contributed by atoms with van der Waals surface area (Å²) in [6, 6.07) is 4.64. The van der Waals surface area contributed by atoms with Crippen LogP contribution < -0.4 is 0 Å². The Morgan fingerprint density at radius 1 is 1.12 bits per heavy atom. The van der Waals surface area contributed by atoms with E-state index < -0.39 is 0 Å². The Labute approximate surface area is 101 Å². The lowest BCUT2D eigenvalue weighted by atomic mass is 10.2. The van der Waals surface area contributed by atoms with Gasteiger partial charge in [-0.1, -0.05) is 0 Å². The highest BCUT2D eigenvalue weighted by molar-refractivity contribution is 9.10. The molecule has 0 N–H and O–H groups in total. The molecule has 2 rings (SSSR count). The van der Waals surface area contributed by atoms with E-state index >= 15 is 0 Å². The molecule has 0 aliphatic heterocycles. The van der Waals surface area contributed by atoms with Crippen molar-refractivity contribution in [3.8, 4) is 11.4 Å². The third-order valence-electron chi connectivity index (χ3n) is 2.27. The van der Waals surface area contributed by atoms with E-state index in [2.05, 4.69) is 31.1 Å². The van der Waals surface area contributed by atoms with E-state index in [0.717, 1.165) is 17.0 Å². The minimum atomic E-state index is -0.305. The maximum absolute atomic E-state index is 13.1. The summed E-state index contributed by atoms with van der Waals surface area (Å²) in [5.41, 5.74) is 2.36. The van der Waals surface area contributed by atoms with Crippen LogP contribution >= 0.6 is 15.9 Å². The van der Waals surface area contributed by atoms with Crippen molar-refractivity contribution in [1.82, 2.24) is 15.2 Å². The lowest BCUT2D eigenvalue weighted by molar-refractivity contribution is 0.621. The Morgan fingerprint density at radius 2 is 1.88 bits per heavy atom. The number of hydrogen-bond acceptors (Lipinski definition) is 3. The van der Waals surface area contributed by atoms with Gasteiger partial charge in [-0.15, -0.1) is 5.10 Å². The predicted molar refractivity (Wildman–Crippen MR) is 62.4 cm³/mol. The first kappa shape index (κ1) is 11.1. The number of benzene rings is 1. The molecule has 0 spiro atoms. The van der Waals surface area contributed by atoms with Crippen LogP contribution in [0.25, 0.3) is 11.4 Å². The average molecular weight is 282 g/mol. The van der Waals surface area contributed by atoms with Gasteiger partial charge >= 0.3 is 0 Å². The summed E-state index contributed by atoms with van der Waals surface area (Å²) in [5.74, 6) is 0.198. The molecule has 5 heteroatoms. The highest BCUT2D eigenvalue weighted by Gasteiger charge is 2.07. The van der Waals surface area contributed by atoms with Crippen molar-refractivity contribution < 1.29 is 4.39 Å². The van der Waals surface area contributed by atoms with Crippen LogP contribution in [0.3, 0.4) is 0 Å². The Bertz CT molecular complexity index is 493. The Morgan fingerprint density at radius 3 is 2.50 bits per heavy atom. The second-order valence-corrected chi connectivity index (χ2v) is 4.29. The van der Waals surface area contributed by atoms with Crippen LogP contribution in [0.1, 0.15) is 11.4 Å². The molecule has 0 radical (unpaired) electrons. The van der Waals surface area contributed by atoms with Gasteiger partial charge in [0.2, 0.25) is 0 Å². The molecule has 1 heterocycles. The topological polar surface area (TPSA) is 38.7 Å². The van der Waals surface area contributed by atoms with Crippen molar-refractivity contribution in [2.75, 3.05) is 0 Å².